The van der Waals surface area contributed by atoms with Crippen molar-refractivity contribution in [1.82, 2.24) is 5.32 Å². The van der Waals surface area contributed by atoms with Gasteiger partial charge in [-0.25, -0.2) is 0 Å². The van der Waals surface area contributed by atoms with Crippen LogP contribution in [0.15, 0.2) is 12.1 Å². The number of fused-ring (bicyclic) bond motifs is 1. The average Bonchev–Trinajstić information content (AvgIpc) is 2.74. The highest BCUT2D eigenvalue weighted by Gasteiger charge is 2.32. The van der Waals surface area contributed by atoms with Gasteiger partial charge in [-0.2, -0.15) is 0 Å². The fraction of sp³-hybridized carbons (Fsp3) is 0.571. The number of ether oxygens (including phenoxy) is 2. The molecule has 0 saturated carbocycles. The molecule has 98 valence electrons. The summed E-state index contributed by atoms with van der Waals surface area (Å²) in [6, 6.07) is 4.01. The Labute approximate surface area is 112 Å². The van der Waals surface area contributed by atoms with Crippen LogP contribution in [0.1, 0.15) is 18.1 Å². The van der Waals surface area contributed by atoms with Crippen molar-refractivity contribution in [2.24, 2.45) is 5.41 Å². The predicted molar refractivity (Wildman–Crippen MR) is 71.3 cm³/mol. The van der Waals surface area contributed by atoms with E-state index in [0.717, 1.165) is 50.1 Å². The first-order valence-electron chi connectivity index (χ1n) is 6.39. The lowest BCUT2D eigenvalue weighted by molar-refractivity contribution is -0.0991. The molecule has 2 aliphatic rings. The molecular formula is C14H18ClNO2. The first-order chi connectivity index (χ1) is 8.66. The van der Waals surface area contributed by atoms with Crippen LogP contribution in [0.25, 0.3) is 0 Å². The van der Waals surface area contributed by atoms with Gasteiger partial charge < -0.3 is 14.8 Å². The summed E-state index contributed by atoms with van der Waals surface area (Å²) in [6.07, 6.45) is 0.967. The van der Waals surface area contributed by atoms with Gasteiger partial charge in [0.1, 0.15) is 5.75 Å². The minimum absolute atomic E-state index is 0.294. The Kier molecular flexibility index (Phi) is 3.22. The van der Waals surface area contributed by atoms with E-state index in [1.165, 1.54) is 11.1 Å². The zero-order valence-corrected chi connectivity index (χ0v) is 11.3. The van der Waals surface area contributed by atoms with Crippen molar-refractivity contribution in [3.05, 3.63) is 28.3 Å². The normalized spacial score (nSPS) is 20.1. The fourth-order valence-corrected chi connectivity index (χ4v) is 2.79. The summed E-state index contributed by atoms with van der Waals surface area (Å²) in [6.45, 7) is 6.48. The second kappa shape index (κ2) is 4.72. The van der Waals surface area contributed by atoms with E-state index in [4.69, 9.17) is 21.1 Å². The molecule has 3 nitrogen and oxygen atoms in total. The third-order valence-electron chi connectivity index (χ3n) is 3.59. The molecule has 0 spiro atoms. The molecule has 2 aliphatic heterocycles. The molecule has 0 unspecified atom stereocenters. The molecule has 0 bridgehead atoms. The lowest BCUT2D eigenvalue weighted by Crippen LogP contribution is -2.47. The van der Waals surface area contributed by atoms with E-state index in [1.807, 2.05) is 12.1 Å². The summed E-state index contributed by atoms with van der Waals surface area (Å²) in [4.78, 5) is 0. The van der Waals surface area contributed by atoms with Gasteiger partial charge in [-0.15, -0.1) is 0 Å². The monoisotopic (exact) mass is 267 g/mol. The van der Waals surface area contributed by atoms with Crippen molar-refractivity contribution in [1.29, 1.82) is 0 Å². The van der Waals surface area contributed by atoms with Crippen LogP contribution in [0.3, 0.4) is 0 Å². The van der Waals surface area contributed by atoms with Gasteiger partial charge in [0.2, 0.25) is 0 Å². The Balaban J connectivity index is 1.65. The molecule has 3 rings (SSSR count). The number of nitrogens with one attached hydrogen (secondary N) is 1. The summed E-state index contributed by atoms with van der Waals surface area (Å²) in [7, 11) is 0. The van der Waals surface area contributed by atoms with E-state index in [1.54, 1.807) is 0 Å². The molecule has 0 radical (unpaired) electrons. The second-order valence-corrected chi connectivity index (χ2v) is 6.00. The SMILES string of the molecule is CC1(CNCc2cc(Cl)cc3c2OCC3)COC1. The van der Waals surface area contributed by atoms with Gasteiger partial charge in [-0.3, -0.25) is 0 Å². The van der Waals surface area contributed by atoms with Gasteiger partial charge in [0.15, 0.2) is 0 Å². The van der Waals surface area contributed by atoms with Gasteiger partial charge >= 0.3 is 0 Å². The molecule has 1 fully saturated rings. The van der Waals surface area contributed by atoms with Crippen LogP contribution in [-0.2, 0) is 17.7 Å². The van der Waals surface area contributed by atoms with Gasteiger partial charge in [0.05, 0.1) is 19.8 Å². The minimum Gasteiger partial charge on any atom is -0.493 e. The molecule has 18 heavy (non-hydrogen) atoms. The third kappa shape index (κ3) is 2.35. The summed E-state index contributed by atoms with van der Waals surface area (Å²) < 4.78 is 10.9. The zero-order valence-electron chi connectivity index (χ0n) is 10.6. The molecule has 1 N–H and O–H groups in total. The highest BCUT2D eigenvalue weighted by atomic mass is 35.5. The second-order valence-electron chi connectivity index (χ2n) is 5.56. The maximum absolute atomic E-state index is 6.13. The van der Waals surface area contributed by atoms with E-state index in [9.17, 15) is 0 Å². The van der Waals surface area contributed by atoms with Crippen molar-refractivity contribution < 1.29 is 9.47 Å². The molecule has 4 heteroatoms. The Morgan fingerprint density at radius 1 is 1.39 bits per heavy atom. The lowest BCUT2D eigenvalue weighted by atomic mass is 9.89. The van der Waals surface area contributed by atoms with Crippen LogP contribution in [-0.4, -0.2) is 26.4 Å². The van der Waals surface area contributed by atoms with E-state index < -0.39 is 0 Å². The summed E-state index contributed by atoms with van der Waals surface area (Å²) in [5.41, 5.74) is 2.69. The van der Waals surface area contributed by atoms with E-state index in [-0.39, 0.29) is 0 Å². The molecule has 1 saturated heterocycles. The average molecular weight is 268 g/mol. The van der Waals surface area contributed by atoms with Crippen molar-refractivity contribution in [3.8, 4) is 5.75 Å². The van der Waals surface area contributed by atoms with Crippen LogP contribution in [0.5, 0.6) is 5.75 Å². The quantitative estimate of drug-likeness (QED) is 0.909. The van der Waals surface area contributed by atoms with Gasteiger partial charge in [-0.1, -0.05) is 18.5 Å². The molecule has 0 aliphatic carbocycles. The van der Waals surface area contributed by atoms with Gasteiger partial charge in [-0.05, 0) is 17.7 Å². The highest BCUT2D eigenvalue weighted by molar-refractivity contribution is 6.30. The number of hydrogen-bond acceptors (Lipinski definition) is 3. The van der Waals surface area contributed by atoms with E-state index in [2.05, 4.69) is 12.2 Å². The third-order valence-corrected chi connectivity index (χ3v) is 3.81. The fourth-order valence-electron chi connectivity index (χ4n) is 2.53. The molecule has 0 atom stereocenters. The maximum Gasteiger partial charge on any atom is 0.127 e. The Morgan fingerprint density at radius 3 is 2.94 bits per heavy atom. The van der Waals surface area contributed by atoms with Crippen LogP contribution in [0.4, 0.5) is 0 Å². The summed E-state index contributed by atoms with van der Waals surface area (Å²) in [5.74, 6) is 1.03. The van der Waals surface area contributed by atoms with Crippen LogP contribution >= 0.6 is 11.6 Å². The highest BCUT2D eigenvalue weighted by Crippen LogP contribution is 2.33. The number of benzene rings is 1. The van der Waals surface area contributed by atoms with E-state index >= 15 is 0 Å². The standard InChI is InChI=1S/C14H18ClNO2/c1-14(8-17-9-14)7-16-6-11-5-12(15)4-10-2-3-18-13(10)11/h4-5,16H,2-3,6-9H2,1H3. The van der Waals surface area contributed by atoms with Gasteiger partial charge in [0, 0.05) is 35.5 Å². The first kappa shape index (κ1) is 12.3. The maximum atomic E-state index is 6.13. The molecular weight excluding hydrogens is 250 g/mol. The molecule has 2 heterocycles. The Hall–Kier alpha value is -0.770. The Morgan fingerprint density at radius 2 is 2.22 bits per heavy atom. The zero-order chi connectivity index (χ0) is 12.6. The predicted octanol–water partition coefficient (Wildman–Crippen LogP) is 2.40. The molecule has 1 aromatic rings. The van der Waals surface area contributed by atoms with Crippen molar-refractivity contribution in [3.63, 3.8) is 0 Å². The smallest absolute Gasteiger partial charge is 0.127 e. The topological polar surface area (TPSA) is 30.5 Å². The first-order valence-corrected chi connectivity index (χ1v) is 6.77. The molecule has 0 amide bonds. The largest absolute Gasteiger partial charge is 0.493 e. The van der Waals surface area contributed by atoms with Crippen LogP contribution < -0.4 is 10.1 Å². The lowest BCUT2D eigenvalue weighted by Gasteiger charge is -2.38. The van der Waals surface area contributed by atoms with Crippen LogP contribution in [0.2, 0.25) is 5.02 Å². The van der Waals surface area contributed by atoms with Crippen molar-refractivity contribution in [2.45, 2.75) is 19.9 Å². The minimum atomic E-state index is 0.294. The van der Waals surface area contributed by atoms with Gasteiger partial charge in [0.25, 0.3) is 0 Å². The Bertz CT molecular complexity index is 457. The molecule has 0 aromatic heterocycles. The van der Waals surface area contributed by atoms with Crippen LogP contribution in [0, 0.1) is 5.41 Å². The summed E-state index contributed by atoms with van der Waals surface area (Å²) >= 11 is 6.13. The molecule has 1 aromatic carbocycles. The van der Waals surface area contributed by atoms with E-state index in [0.29, 0.717) is 5.41 Å². The van der Waals surface area contributed by atoms with Crippen molar-refractivity contribution >= 4 is 11.6 Å². The summed E-state index contributed by atoms with van der Waals surface area (Å²) in [5, 5.41) is 4.28. The number of rotatable bonds is 4. The number of halogens is 1. The number of hydrogen-bond donors (Lipinski definition) is 1. The van der Waals surface area contributed by atoms with Crippen molar-refractivity contribution in [2.75, 3.05) is 26.4 Å².